The molecule has 1 aliphatic heterocycles. The maximum atomic E-state index is 12.6. The van der Waals surface area contributed by atoms with Gasteiger partial charge in [0, 0.05) is 31.6 Å². The molecule has 0 bridgehead atoms. The average Bonchev–Trinajstić information content (AvgIpc) is 3.46. The summed E-state index contributed by atoms with van der Waals surface area (Å²) in [6.45, 7) is 9.06. The molecule has 0 saturated carbocycles. The summed E-state index contributed by atoms with van der Waals surface area (Å²) in [7, 11) is 0. The maximum Gasteiger partial charge on any atom is 0.416 e. The first-order valence-electron chi connectivity index (χ1n) is 17.2. The fourth-order valence-corrected chi connectivity index (χ4v) is 5.55. The molecule has 1 aliphatic rings. The fourth-order valence-electron chi connectivity index (χ4n) is 5.55. The third kappa shape index (κ3) is 19.0. The normalized spacial score (nSPS) is 16.2. The Balaban J connectivity index is 0.00000924. The number of hydrogen-bond donors (Lipinski definition) is 0. The molecule has 248 valence electrons. The highest BCUT2D eigenvalue weighted by atomic mass is 127. The lowest BCUT2D eigenvalue weighted by atomic mass is 10.0. The third-order valence-electron chi connectivity index (χ3n) is 8.32. The highest BCUT2D eigenvalue weighted by Gasteiger charge is 2.28. The Morgan fingerprint density at radius 2 is 1.37 bits per heavy atom. The van der Waals surface area contributed by atoms with Crippen LogP contribution in [0.5, 0.6) is 0 Å². The molecule has 2 atom stereocenters. The molecule has 0 N–H and O–H groups in total. The number of halogens is 1. The zero-order valence-electron chi connectivity index (χ0n) is 27.5. The van der Waals surface area contributed by atoms with Crippen LogP contribution in [0.15, 0.2) is 24.5 Å². The van der Waals surface area contributed by atoms with Gasteiger partial charge < -0.3 is 38.2 Å². The van der Waals surface area contributed by atoms with Gasteiger partial charge in [-0.05, 0) is 25.3 Å². The van der Waals surface area contributed by atoms with Crippen molar-refractivity contribution in [3.8, 4) is 0 Å². The van der Waals surface area contributed by atoms with E-state index in [0.29, 0.717) is 19.1 Å². The second kappa shape index (κ2) is 26.0. The molecule has 2 rings (SSSR count). The van der Waals surface area contributed by atoms with Crippen molar-refractivity contribution in [2.45, 2.75) is 149 Å². The van der Waals surface area contributed by atoms with E-state index in [2.05, 4.69) is 13.8 Å². The molecule has 43 heavy (non-hydrogen) atoms. The summed E-state index contributed by atoms with van der Waals surface area (Å²) in [4.78, 5) is 25.8. The summed E-state index contributed by atoms with van der Waals surface area (Å²) in [5.74, 6) is -0.00632. The van der Waals surface area contributed by atoms with Crippen molar-refractivity contribution >= 4 is 12.0 Å². The number of unbranched alkanes of at least 4 members (excludes halogenated alkanes) is 15. The van der Waals surface area contributed by atoms with Crippen LogP contribution in [0.3, 0.4) is 0 Å². The molecule has 7 nitrogen and oxygen atoms in total. The molecule has 0 radical (unpaired) electrons. The summed E-state index contributed by atoms with van der Waals surface area (Å²) < 4.78 is 19.2. The molecular formula is C35H61IN2O5. The van der Waals surface area contributed by atoms with Crippen molar-refractivity contribution in [2.24, 2.45) is 5.92 Å². The minimum absolute atomic E-state index is 0. The Labute approximate surface area is 279 Å². The van der Waals surface area contributed by atoms with Crippen LogP contribution < -0.4 is 28.5 Å². The van der Waals surface area contributed by atoms with Crippen molar-refractivity contribution in [1.29, 1.82) is 0 Å². The van der Waals surface area contributed by atoms with Crippen molar-refractivity contribution in [3.05, 3.63) is 30.1 Å². The molecule has 0 spiro atoms. The second-order valence-corrected chi connectivity index (χ2v) is 12.2. The molecule has 8 heteroatoms. The quantitative estimate of drug-likeness (QED) is 0.0840. The molecule has 1 aromatic heterocycles. The first kappa shape index (κ1) is 39.8. The van der Waals surface area contributed by atoms with Crippen LogP contribution in [-0.2, 0) is 32.1 Å². The number of nitrogens with zero attached hydrogens (tertiary/aromatic N) is 2. The van der Waals surface area contributed by atoms with E-state index in [0.717, 1.165) is 36.5 Å². The van der Waals surface area contributed by atoms with E-state index in [1.807, 2.05) is 29.1 Å². The summed E-state index contributed by atoms with van der Waals surface area (Å²) >= 11 is 0. The van der Waals surface area contributed by atoms with Gasteiger partial charge in [0.15, 0.2) is 12.4 Å². The number of aromatic nitrogens is 1. The number of carbonyl (C=O) groups excluding carboxylic acids is 2. The monoisotopic (exact) mass is 716 g/mol. The Hall–Kier alpha value is -1.26. The van der Waals surface area contributed by atoms with Crippen molar-refractivity contribution in [1.82, 2.24) is 4.90 Å². The number of amides is 2. The maximum absolute atomic E-state index is 12.6. The van der Waals surface area contributed by atoms with E-state index >= 15 is 0 Å². The minimum atomic E-state index is -0.624. The smallest absolute Gasteiger partial charge is 0.416 e. The standard InChI is InChI=1S/C35H61N2O5.HI/c1-4-6-7-8-9-10-11-12-13-14-15-16-17-18-19-20-25-40-28-33-26-34(41-29-33)30-42-35(39)37(31(3)38)27-32-21-23-36(5-2)24-22-32;/h21-24,33-34H,4-20,25-30H2,1-3H3;1H/q+1;/p-1/t33-,34-;/m1./s1. The molecule has 1 saturated heterocycles. The zero-order valence-corrected chi connectivity index (χ0v) is 29.7. The molecule has 0 aromatic carbocycles. The van der Waals surface area contributed by atoms with E-state index in [9.17, 15) is 9.59 Å². The van der Waals surface area contributed by atoms with Gasteiger partial charge in [-0.25, -0.2) is 14.3 Å². The fraction of sp³-hybridized carbons (Fsp3) is 0.800. The first-order chi connectivity index (χ1) is 20.5. The highest BCUT2D eigenvalue weighted by Crippen LogP contribution is 2.21. The van der Waals surface area contributed by atoms with E-state index in [1.54, 1.807) is 0 Å². The van der Waals surface area contributed by atoms with Crippen LogP contribution in [-0.4, -0.2) is 49.4 Å². The molecule has 2 amide bonds. The third-order valence-corrected chi connectivity index (χ3v) is 8.32. The van der Waals surface area contributed by atoms with Gasteiger partial charge >= 0.3 is 6.09 Å². The van der Waals surface area contributed by atoms with E-state index in [1.165, 1.54) is 103 Å². The van der Waals surface area contributed by atoms with Gasteiger partial charge in [-0.1, -0.05) is 103 Å². The largest absolute Gasteiger partial charge is 1.00 e. The lowest BCUT2D eigenvalue weighted by molar-refractivity contribution is -0.693. The lowest BCUT2D eigenvalue weighted by Gasteiger charge is -2.20. The Morgan fingerprint density at radius 3 is 1.88 bits per heavy atom. The Morgan fingerprint density at radius 1 is 0.837 bits per heavy atom. The topological polar surface area (TPSA) is 69.0 Å². The molecular weight excluding hydrogens is 655 g/mol. The van der Waals surface area contributed by atoms with Crippen molar-refractivity contribution < 1.29 is 52.3 Å². The summed E-state index contributed by atoms with van der Waals surface area (Å²) in [5, 5.41) is 0. The zero-order chi connectivity index (χ0) is 30.3. The molecule has 2 heterocycles. The van der Waals surface area contributed by atoms with E-state index in [4.69, 9.17) is 14.2 Å². The molecule has 0 unspecified atom stereocenters. The van der Waals surface area contributed by atoms with Gasteiger partial charge in [-0.3, -0.25) is 4.79 Å². The van der Waals surface area contributed by atoms with Crippen LogP contribution >= 0.6 is 0 Å². The number of ether oxygens (including phenoxy) is 3. The summed E-state index contributed by atoms with van der Waals surface area (Å²) in [6, 6.07) is 3.83. The van der Waals surface area contributed by atoms with Crippen LogP contribution in [0.4, 0.5) is 4.79 Å². The van der Waals surface area contributed by atoms with Crippen LogP contribution in [0.25, 0.3) is 0 Å². The number of imide groups is 1. The second-order valence-electron chi connectivity index (χ2n) is 12.2. The number of hydrogen-bond acceptors (Lipinski definition) is 5. The molecule has 1 fully saturated rings. The van der Waals surface area contributed by atoms with Crippen molar-refractivity contribution in [3.63, 3.8) is 0 Å². The van der Waals surface area contributed by atoms with Crippen LogP contribution in [0, 0.1) is 5.92 Å². The minimum Gasteiger partial charge on any atom is -1.00 e. The number of carbonyl (C=O) groups is 2. The number of pyridine rings is 1. The summed E-state index contributed by atoms with van der Waals surface area (Å²) in [6.07, 6.45) is 25.9. The average molecular weight is 717 g/mol. The van der Waals surface area contributed by atoms with E-state index < -0.39 is 6.09 Å². The van der Waals surface area contributed by atoms with Crippen LogP contribution in [0.1, 0.15) is 135 Å². The predicted octanol–water partition coefficient (Wildman–Crippen LogP) is 5.17. The molecule has 1 aromatic rings. The highest BCUT2D eigenvalue weighted by molar-refractivity contribution is 5.90. The Kier molecular flexibility index (Phi) is 24.0. The Bertz CT molecular complexity index is 838. The predicted molar refractivity (Wildman–Crippen MR) is 168 cm³/mol. The van der Waals surface area contributed by atoms with Gasteiger partial charge in [-0.15, -0.1) is 0 Å². The SMILES string of the molecule is CCCCCCCCCCCCCCCCCCOC[C@@H]1CO[C@@H](COC(=O)N(Cc2cc[n+](CC)cc2)C(C)=O)C1.[I-]. The number of rotatable bonds is 24. The van der Waals surface area contributed by atoms with Gasteiger partial charge in [-0.2, -0.15) is 0 Å². The van der Waals surface area contributed by atoms with E-state index in [-0.39, 0.29) is 49.1 Å². The van der Waals surface area contributed by atoms with Crippen LogP contribution in [0.2, 0.25) is 0 Å². The van der Waals surface area contributed by atoms with Gasteiger partial charge in [0.2, 0.25) is 5.91 Å². The van der Waals surface area contributed by atoms with Gasteiger partial charge in [0.05, 0.1) is 25.9 Å². The van der Waals surface area contributed by atoms with Crippen molar-refractivity contribution in [2.75, 3.05) is 26.4 Å². The van der Waals surface area contributed by atoms with Gasteiger partial charge in [0.25, 0.3) is 0 Å². The lowest BCUT2D eigenvalue weighted by Crippen LogP contribution is -3.00. The molecule has 0 aliphatic carbocycles. The number of aryl methyl sites for hydroxylation is 1. The first-order valence-corrected chi connectivity index (χ1v) is 17.2. The van der Waals surface area contributed by atoms with Gasteiger partial charge in [0.1, 0.15) is 13.2 Å². The summed E-state index contributed by atoms with van der Waals surface area (Å²) in [5.41, 5.74) is 0.880.